The van der Waals surface area contributed by atoms with Gasteiger partial charge in [-0.1, -0.05) is 12.1 Å². The first-order valence-corrected chi connectivity index (χ1v) is 7.59. The summed E-state index contributed by atoms with van der Waals surface area (Å²) in [6, 6.07) is 7.84. The van der Waals surface area contributed by atoms with Gasteiger partial charge in [0.15, 0.2) is 0 Å². The first kappa shape index (κ1) is 13.6. The maximum Gasteiger partial charge on any atom is 0.277 e. The second kappa shape index (κ2) is 4.86. The minimum Gasteiger partial charge on any atom is -0.396 e. The summed E-state index contributed by atoms with van der Waals surface area (Å²) in [4.78, 5) is 18.5. The van der Waals surface area contributed by atoms with Crippen LogP contribution < -0.4 is 10.6 Å². The fraction of sp³-hybridized carbons (Fsp3) is 0.143. The van der Waals surface area contributed by atoms with Gasteiger partial charge in [0.25, 0.3) is 5.91 Å². The van der Waals surface area contributed by atoms with Crippen molar-refractivity contribution in [1.82, 2.24) is 4.98 Å². The van der Waals surface area contributed by atoms with Gasteiger partial charge in [0.05, 0.1) is 16.7 Å². The number of nitrogens with two attached hydrogens (primary N) is 1. The van der Waals surface area contributed by atoms with Gasteiger partial charge >= 0.3 is 0 Å². The number of anilines is 2. The Morgan fingerprint density at radius 1 is 1.35 bits per heavy atom. The van der Waals surface area contributed by atoms with E-state index in [1.807, 2.05) is 31.2 Å². The lowest BCUT2D eigenvalue weighted by atomic mass is 10.2. The third kappa shape index (κ3) is 2.03. The Morgan fingerprint density at radius 2 is 2.10 bits per heavy atom. The van der Waals surface area contributed by atoms with Crippen molar-refractivity contribution in [2.45, 2.75) is 13.5 Å². The molecule has 3 rings (SSSR count). The van der Waals surface area contributed by atoms with E-state index in [0.717, 1.165) is 21.3 Å². The predicted octanol–water partition coefficient (Wildman–Crippen LogP) is 3.66. The number of amides is 1. The molecule has 1 aromatic carbocycles. The van der Waals surface area contributed by atoms with Crippen molar-refractivity contribution >= 4 is 49.1 Å². The summed E-state index contributed by atoms with van der Waals surface area (Å²) in [6.07, 6.45) is 0. The smallest absolute Gasteiger partial charge is 0.277 e. The fourth-order valence-electron chi connectivity index (χ4n) is 2.27. The molecule has 0 aliphatic carbocycles. The number of benzene rings is 1. The predicted molar refractivity (Wildman–Crippen MR) is 85.7 cm³/mol. The van der Waals surface area contributed by atoms with E-state index in [1.165, 1.54) is 0 Å². The first-order valence-electron chi connectivity index (χ1n) is 6.01. The van der Waals surface area contributed by atoms with Crippen molar-refractivity contribution in [3.05, 3.63) is 50.2 Å². The molecule has 0 spiro atoms. The number of hydrogen-bond donors (Lipinski definition) is 1. The number of aryl methyl sites for hydroxylation is 1. The molecule has 0 atom stereocenters. The normalized spacial score (nSPS) is 13.8. The van der Waals surface area contributed by atoms with Crippen LogP contribution >= 0.6 is 31.9 Å². The van der Waals surface area contributed by atoms with E-state index in [0.29, 0.717) is 22.5 Å². The number of nitrogens with zero attached hydrogens (tertiary/aromatic N) is 2. The maximum atomic E-state index is 12.5. The van der Waals surface area contributed by atoms with Crippen LogP contribution in [0.5, 0.6) is 0 Å². The molecule has 2 heterocycles. The van der Waals surface area contributed by atoms with Gasteiger partial charge in [-0.25, -0.2) is 4.98 Å². The number of halogens is 2. The Bertz CT molecular complexity index is 731. The first-order chi connectivity index (χ1) is 9.49. The highest BCUT2D eigenvalue weighted by atomic mass is 79.9. The average Bonchev–Trinajstić information content (AvgIpc) is 2.74. The zero-order valence-corrected chi connectivity index (χ0v) is 13.8. The van der Waals surface area contributed by atoms with E-state index >= 15 is 0 Å². The molecule has 1 aromatic heterocycles. The lowest BCUT2D eigenvalue weighted by Gasteiger charge is -2.15. The number of pyridine rings is 1. The zero-order chi connectivity index (χ0) is 14.4. The van der Waals surface area contributed by atoms with Gasteiger partial charge in [0.1, 0.15) is 10.3 Å². The Balaban J connectivity index is 2.09. The third-order valence-corrected chi connectivity index (χ3v) is 4.81. The highest BCUT2D eigenvalue weighted by molar-refractivity contribution is 9.11. The lowest BCUT2D eigenvalue weighted by Crippen LogP contribution is -2.23. The topological polar surface area (TPSA) is 59.2 Å². The summed E-state index contributed by atoms with van der Waals surface area (Å²) < 4.78 is 1.22. The number of carbonyl (C=O) groups excluding carboxylic acids is 1. The quantitative estimate of drug-likeness (QED) is 0.748. The number of hydrogen-bond acceptors (Lipinski definition) is 3. The summed E-state index contributed by atoms with van der Waals surface area (Å²) >= 11 is 6.73. The molecule has 0 fully saturated rings. The Morgan fingerprint density at radius 3 is 2.80 bits per heavy atom. The Labute approximate surface area is 133 Å². The second-order valence-electron chi connectivity index (χ2n) is 4.69. The van der Waals surface area contributed by atoms with E-state index < -0.39 is 0 Å². The maximum absolute atomic E-state index is 12.5. The molecular weight excluding hydrogens is 386 g/mol. The molecule has 1 aliphatic heterocycles. The zero-order valence-electron chi connectivity index (χ0n) is 10.7. The minimum absolute atomic E-state index is 0.105. The number of nitrogen functional groups attached to an aromatic ring is 1. The van der Waals surface area contributed by atoms with Crippen LogP contribution in [0.15, 0.2) is 33.3 Å². The van der Waals surface area contributed by atoms with Crippen molar-refractivity contribution in [3.8, 4) is 0 Å². The molecule has 0 unspecified atom stereocenters. The van der Waals surface area contributed by atoms with Gasteiger partial charge in [-0.15, -0.1) is 0 Å². The highest BCUT2D eigenvalue weighted by Crippen LogP contribution is 2.37. The molecule has 0 bridgehead atoms. The second-order valence-corrected chi connectivity index (χ2v) is 6.23. The van der Waals surface area contributed by atoms with Crippen LogP contribution in [-0.4, -0.2) is 10.9 Å². The molecule has 1 aliphatic rings. The van der Waals surface area contributed by atoms with Crippen LogP contribution in [-0.2, 0) is 6.54 Å². The molecule has 102 valence electrons. The van der Waals surface area contributed by atoms with Gasteiger partial charge in [0.2, 0.25) is 0 Å². The lowest BCUT2D eigenvalue weighted by molar-refractivity contribution is 0.0992. The number of rotatable bonds is 1. The highest BCUT2D eigenvalue weighted by Gasteiger charge is 2.33. The van der Waals surface area contributed by atoms with Crippen molar-refractivity contribution in [2.75, 3.05) is 10.6 Å². The molecule has 2 N–H and O–H groups in total. The van der Waals surface area contributed by atoms with Gasteiger partial charge in [0, 0.05) is 11.3 Å². The summed E-state index contributed by atoms with van der Waals surface area (Å²) in [6.45, 7) is 2.47. The standard InChI is InChI=1S/C14H11Br2N3O/c1-7-3-2-4-8(5-7)19-6-9-10(15)11(17)13(16)18-12(9)14(19)20/h2-5H,6,17H2,1H3. The van der Waals surface area contributed by atoms with Crippen LogP contribution in [0.25, 0.3) is 0 Å². The summed E-state index contributed by atoms with van der Waals surface area (Å²) in [5, 5.41) is 0. The molecular formula is C14H11Br2N3O. The number of carbonyl (C=O) groups is 1. The van der Waals surface area contributed by atoms with E-state index in [2.05, 4.69) is 36.8 Å². The summed E-state index contributed by atoms with van der Waals surface area (Å²) in [7, 11) is 0. The Kier molecular flexibility index (Phi) is 3.30. The molecule has 6 heteroatoms. The monoisotopic (exact) mass is 395 g/mol. The van der Waals surface area contributed by atoms with E-state index in [9.17, 15) is 4.79 Å². The van der Waals surface area contributed by atoms with Crippen LogP contribution in [0.4, 0.5) is 11.4 Å². The molecule has 0 saturated carbocycles. The van der Waals surface area contributed by atoms with Crippen molar-refractivity contribution in [3.63, 3.8) is 0 Å². The van der Waals surface area contributed by atoms with E-state index in [1.54, 1.807) is 4.90 Å². The molecule has 4 nitrogen and oxygen atoms in total. The van der Waals surface area contributed by atoms with Crippen LogP contribution in [0.1, 0.15) is 21.6 Å². The van der Waals surface area contributed by atoms with Gasteiger partial charge in [-0.05, 0) is 56.5 Å². The third-order valence-electron chi connectivity index (χ3n) is 3.30. The van der Waals surface area contributed by atoms with Crippen molar-refractivity contribution < 1.29 is 4.79 Å². The minimum atomic E-state index is -0.105. The number of fused-ring (bicyclic) bond motifs is 1. The van der Waals surface area contributed by atoms with Crippen LogP contribution in [0, 0.1) is 6.92 Å². The van der Waals surface area contributed by atoms with Gasteiger partial charge in [-0.3, -0.25) is 4.79 Å². The van der Waals surface area contributed by atoms with E-state index in [-0.39, 0.29) is 5.91 Å². The molecule has 1 amide bonds. The molecule has 0 radical (unpaired) electrons. The Hall–Kier alpha value is -1.40. The summed E-state index contributed by atoms with van der Waals surface area (Å²) in [5.41, 5.74) is 9.69. The van der Waals surface area contributed by atoms with Gasteiger partial charge < -0.3 is 10.6 Å². The van der Waals surface area contributed by atoms with Crippen molar-refractivity contribution in [1.29, 1.82) is 0 Å². The van der Waals surface area contributed by atoms with Crippen LogP contribution in [0.2, 0.25) is 0 Å². The van der Waals surface area contributed by atoms with E-state index in [4.69, 9.17) is 5.73 Å². The average molecular weight is 397 g/mol. The fourth-order valence-corrected chi connectivity index (χ4v) is 3.41. The molecule has 20 heavy (non-hydrogen) atoms. The van der Waals surface area contributed by atoms with Gasteiger partial charge in [-0.2, -0.15) is 0 Å². The molecule has 2 aromatic rings. The SMILES string of the molecule is Cc1cccc(N2Cc3c(nc(Br)c(N)c3Br)C2=O)c1. The summed E-state index contributed by atoms with van der Waals surface area (Å²) in [5.74, 6) is -0.105. The van der Waals surface area contributed by atoms with Crippen molar-refractivity contribution in [2.24, 2.45) is 0 Å². The number of aromatic nitrogens is 1. The largest absolute Gasteiger partial charge is 0.396 e. The molecule has 0 saturated heterocycles. The van der Waals surface area contributed by atoms with Crippen LogP contribution in [0.3, 0.4) is 0 Å².